The highest BCUT2D eigenvalue weighted by Crippen LogP contribution is 2.16. The number of carbonyl (C=O) groups is 2. The standard InChI is InChI=1S/C12H20N6O2/c1-3-4-10-16-11(15-2)5-12(17-10)18(6-8(13)19)7-9(14)20/h5H,3-4,6-7H2,1-2H3,(H2,13,19)(H2,14,20)(H,15,16,17). The second kappa shape index (κ2) is 7.27. The van der Waals surface area contributed by atoms with Gasteiger partial charge in [0.1, 0.15) is 17.5 Å². The van der Waals surface area contributed by atoms with E-state index in [4.69, 9.17) is 11.5 Å². The molecule has 1 aromatic heterocycles. The van der Waals surface area contributed by atoms with Crippen molar-refractivity contribution in [3.63, 3.8) is 0 Å². The van der Waals surface area contributed by atoms with Gasteiger partial charge in [-0.25, -0.2) is 9.97 Å². The number of nitrogens with two attached hydrogens (primary N) is 2. The number of nitrogens with one attached hydrogen (secondary N) is 1. The fourth-order valence-electron chi connectivity index (χ4n) is 1.70. The van der Waals surface area contributed by atoms with Crippen molar-refractivity contribution >= 4 is 23.5 Å². The van der Waals surface area contributed by atoms with E-state index in [9.17, 15) is 9.59 Å². The average molecular weight is 280 g/mol. The summed E-state index contributed by atoms with van der Waals surface area (Å²) in [6, 6.07) is 1.64. The van der Waals surface area contributed by atoms with Crippen LogP contribution in [0.15, 0.2) is 6.07 Å². The summed E-state index contributed by atoms with van der Waals surface area (Å²) in [5.41, 5.74) is 10.4. The lowest BCUT2D eigenvalue weighted by atomic mass is 10.3. The van der Waals surface area contributed by atoms with Crippen molar-refractivity contribution in [2.24, 2.45) is 11.5 Å². The van der Waals surface area contributed by atoms with Crippen LogP contribution >= 0.6 is 0 Å². The topological polar surface area (TPSA) is 127 Å². The normalized spacial score (nSPS) is 10.1. The predicted molar refractivity (Wildman–Crippen MR) is 76.2 cm³/mol. The molecular formula is C12H20N6O2. The molecule has 1 heterocycles. The Kier molecular flexibility index (Phi) is 5.70. The first-order chi connectivity index (χ1) is 9.46. The number of primary amides is 2. The average Bonchev–Trinajstić information content (AvgIpc) is 2.37. The van der Waals surface area contributed by atoms with Crippen LogP contribution in [-0.2, 0) is 16.0 Å². The lowest BCUT2D eigenvalue weighted by Gasteiger charge is -2.21. The van der Waals surface area contributed by atoms with Crippen LogP contribution in [0.1, 0.15) is 19.2 Å². The smallest absolute Gasteiger partial charge is 0.237 e. The molecule has 0 aliphatic rings. The largest absolute Gasteiger partial charge is 0.373 e. The van der Waals surface area contributed by atoms with Crippen LogP contribution in [0.25, 0.3) is 0 Å². The van der Waals surface area contributed by atoms with Crippen molar-refractivity contribution in [1.82, 2.24) is 9.97 Å². The van der Waals surface area contributed by atoms with Crippen LogP contribution < -0.4 is 21.7 Å². The number of amides is 2. The Balaban J connectivity index is 3.12. The molecule has 0 bridgehead atoms. The molecule has 110 valence electrons. The number of carbonyl (C=O) groups excluding carboxylic acids is 2. The third-order valence-corrected chi connectivity index (χ3v) is 2.51. The van der Waals surface area contributed by atoms with Gasteiger partial charge >= 0.3 is 0 Å². The molecule has 0 radical (unpaired) electrons. The number of aromatic nitrogens is 2. The molecule has 0 fully saturated rings. The summed E-state index contributed by atoms with van der Waals surface area (Å²) in [6.07, 6.45) is 1.59. The number of hydrogen-bond acceptors (Lipinski definition) is 6. The highest BCUT2D eigenvalue weighted by molar-refractivity contribution is 5.84. The molecule has 0 aliphatic carbocycles. The van der Waals surface area contributed by atoms with Crippen LogP contribution in [0.3, 0.4) is 0 Å². The molecule has 0 aromatic carbocycles. The zero-order valence-electron chi connectivity index (χ0n) is 11.7. The molecule has 0 unspecified atom stereocenters. The molecule has 8 nitrogen and oxygen atoms in total. The Morgan fingerprint density at radius 3 is 2.30 bits per heavy atom. The van der Waals surface area contributed by atoms with Gasteiger partial charge in [0, 0.05) is 19.5 Å². The van der Waals surface area contributed by atoms with E-state index < -0.39 is 11.8 Å². The minimum atomic E-state index is -0.562. The Bertz CT molecular complexity index is 475. The molecule has 5 N–H and O–H groups in total. The monoisotopic (exact) mass is 280 g/mol. The number of aryl methyl sites for hydroxylation is 1. The van der Waals surface area contributed by atoms with Crippen molar-refractivity contribution in [2.45, 2.75) is 19.8 Å². The molecule has 8 heteroatoms. The molecule has 0 aliphatic heterocycles. The van der Waals surface area contributed by atoms with Crippen molar-refractivity contribution in [3.05, 3.63) is 11.9 Å². The molecule has 1 rings (SSSR count). The van der Waals surface area contributed by atoms with Crippen LogP contribution in [-0.4, -0.2) is 41.9 Å². The van der Waals surface area contributed by atoms with Gasteiger partial charge in [-0.2, -0.15) is 0 Å². The zero-order chi connectivity index (χ0) is 15.1. The van der Waals surface area contributed by atoms with E-state index in [2.05, 4.69) is 15.3 Å². The van der Waals surface area contributed by atoms with Crippen LogP contribution in [0.5, 0.6) is 0 Å². The van der Waals surface area contributed by atoms with Gasteiger partial charge in [0.2, 0.25) is 11.8 Å². The lowest BCUT2D eigenvalue weighted by molar-refractivity contribution is -0.117. The summed E-state index contributed by atoms with van der Waals surface area (Å²) < 4.78 is 0. The van der Waals surface area contributed by atoms with Crippen LogP contribution in [0, 0.1) is 0 Å². The second-order valence-corrected chi connectivity index (χ2v) is 4.32. The molecule has 2 amide bonds. The minimum absolute atomic E-state index is 0.130. The quantitative estimate of drug-likeness (QED) is 0.575. The van der Waals surface area contributed by atoms with E-state index in [1.54, 1.807) is 13.1 Å². The van der Waals surface area contributed by atoms with Gasteiger partial charge in [-0.1, -0.05) is 6.92 Å². The molecule has 1 aromatic rings. The van der Waals surface area contributed by atoms with Gasteiger partial charge < -0.3 is 21.7 Å². The molecule has 0 spiro atoms. The first kappa shape index (κ1) is 15.7. The van der Waals surface area contributed by atoms with Gasteiger partial charge in [0.25, 0.3) is 0 Å². The zero-order valence-corrected chi connectivity index (χ0v) is 11.7. The van der Waals surface area contributed by atoms with E-state index in [1.165, 1.54) is 4.90 Å². The summed E-state index contributed by atoms with van der Waals surface area (Å²) in [4.78, 5) is 32.3. The molecular weight excluding hydrogens is 260 g/mol. The first-order valence-electron chi connectivity index (χ1n) is 6.33. The van der Waals surface area contributed by atoms with E-state index in [0.29, 0.717) is 23.9 Å². The van der Waals surface area contributed by atoms with Gasteiger partial charge in [-0.05, 0) is 6.42 Å². The van der Waals surface area contributed by atoms with E-state index in [0.717, 1.165) is 6.42 Å². The summed E-state index contributed by atoms with van der Waals surface area (Å²) in [5, 5.41) is 2.92. The van der Waals surface area contributed by atoms with Gasteiger partial charge in [0.15, 0.2) is 0 Å². The highest BCUT2D eigenvalue weighted by Gasteiger charge is 2.15. The van der Waals surface area contributed by atoms with Crippen molar-refractivity contribution in [2.75, 3.05) is 30.4 Å². The summed E-state index contributed by atoms with van der Waals surface area (Å²) in [6.45, 7) is 1.75. The highest BCUT2D eigenvalue weighted by atomic mass is 16.2. The molecule has 0 atom stereocenters. The van der Waals surface area contributed by atoms with Gasteiger partial charge in [0.05, 0.1) is 13.1 Å². The molecule has 20 heavy (non-hydrogen) atoms. The minimum Gasteiger partial charge on any atom is -0.373 e. The van der Waals surface area contributed by atoms with E-state index in [-0.39, 0.29) is 13.1 Å². The maximum atomic E-state index is 11.1. The Morgan fingerprint density at radius 2 is 1.85 bits per heavy atom. The fraction of sp³-hybridized carbons (Fsp3) is 0.500. The van der Waals surface area contributed by atoms with Crippen LogP contribution in [0.4, 0.5) is 11.6 Å². The summed E-state index contributed by atoms with van der Waals surface area (Å²) in [5.74, 6) is 0.567. The number of anilines is 2. The van der Waals surface area contributed by atoms with E-state index >= 15 is 0 Å². The summed E-state index contributed by atoms with van der Waals surface area (Å²) >= 11 is 0. The Morgan fingerprint density at radius 1 is 1.25 bits per heavy atom. The number of rotatable bonds is 8. The second-order valence-electron chi connectivity index (χ2n) is 4.32. The van der Waals surface area contributed by atoms with Crippen molar-refractivity contribution in [3.8, 4) is 0 Å². The Hall–Kier alpha value is -2.38. The summed E-state index contributed by atoms with van der Waals surface area (Å²) in [7, 11) is 1.73. The fourth-order valence-corrected chi connectivity index (χ4v) is 1.70. The SMILES string of the molecule is CCCc1nc(NC)cc(N(CC(N)=O)CC(N)=O)n1. The lowest BCUT2D eigenvalue weighted by Crippen LogP contribution is -2.40. The molecule has 0 saturated carbocycles. The van der Waals surface area contributed by atoms with Gasteiger partial charge in [-0.3, -0.25) is 9.59 Å². The van der Waals surface area contributed by atoms with Crippen LogP contribution in [0.2, 0.25) is 0 Å². The number of nitrogens with zero attached hydrogens (tertiary/aromatic N) is 3. The van der Waals surface area contributed by atoms with Gasteiger partial charge in [-0.15, -0.1) is 0 Å². The predicted octanol–water partition coefficient (Wildman–Crippen LogP) is -0.752. The van der Waals surface area contributed by atoms with E-state index in [1.807, 2.05) is 6.92 Å². The van der Waals surface area contributed by atoms with Crippen molar-refractivity contribution in [1.29, 1.82) is 0 Å². The maximum absolute atomic E-state index is 11.1. The third kappa shape index (κ3) is 4.71. The third-order valence-electron chi connectivity index (χ3n) is 2.51. The first-order valence-corrected chi connectivity index (χ1v) is 6.33. The van der Waals surface area contributed by atoms with Crippen molar-refractivity contribution < 1.29 is 9.59 Å². The maximum Gasteiger partial charge on any atom is 0.237 e. The number of hydrogen-bond donors (Lipinski definition) is 3. The molecule has 0 saturated heterocycles. The Labute approximate surface area is 117 Å².